The summed E-state index contributed by atoms with van der Waals surface area (Å²) in [4.78, 5) is 1.76. The van der Waals surface area contributed by atoms with Gasteiger partial charge in [-0.25, -0.2) is 4.39 Å². The van der Waals surface area contributed by atoms with E-state index in [9.17, 15) is 19.7 Å². The summed E-state index contributed by atoms with van der Waals surface area (Å²) in [6.45, 7) is -0.816. The van der Waals surface area contributed by atoms with Gasteiger partial charge in [0.25, 0.3) is 0 Å². The van der Waals surface area contributed by atoms with Crippen molar-refractivity contribution in [3.05, 3.63) is 59.7 Å². The summed E-state index contributed by atoms with van der Waals surface area (Å²) in [5.41, 5.74) is 2.85. The molecule has 24 heavy (non-hydrogen) atoms. The number of hydrogen-bond acceptors (Lipinski definition) is 4. The maximum Gasteiger partial charge on any atom is 0.118 e. The molecule has 0 aliphatic heterocycles. The molecular weight excluding hydrogens is 309 g/mol. The average molecular weight is 331 g/mol. The van der Waals surface area contributed by atoms with Gasteiger partial charge in [0.15, 0.2) is 0 Å². The van der Waals surface area contributed by atoms with Gasteiger partial charge < -0.3 is 20.2 Å². The molecule has 2 unspecified atom stereocenters. The molecule has 0 heterocycles. The predicted molar refractivity (Wildman–Crippen MR) is 94.7 cm³/mol. The van der Waals surface area contributed by atoms with Gasteiger partial charge in [-0.3, -0.25) is 0 Å². The summed E-state index contributed by atoms with van der Waals surface area (Å²) in [6.07, 6.45) is 1.41. The third-order valence-electron chi connectivity index (χ3n) is 3.76. The maximum absolute atomic E-state index is 12.3. The van der Waals surface area contributed by atoms with Crippen molar-refractivity contribution in [1.29, 1.82) is 0 Å². The smallest absolute Gasteiger partial charge is 0.118 e. The van der Waals surface area contributed by atoms with Gasteiger partial charge in [0.1, 0.15) is 18.5 Å². The minimum absolute atomic E-state index is 0.147. The molecule has 3 N–H and O–H groups in total. The first-order valence-corrected chi connectivity index (χ1v) is 7.70. The van der Waals surface area contributed by atoms with Crippen LogP contribution in [0.2, 0.25) is 0 Å². The molecule has 0 amide bonds. The first-order chi connectivity index (χ1) is 11.5. The number of halogens is 1. The van der Waals surface area contributed by atoms with Crippen LogP contribution in [0.1, 0.15) is 11.1 Å². The highest BCUT2D eigenvalue weighted by Crippen LogP contribution is 2.17. The van der Waals surface area contributed by atoms with Crippen LogP contribution in [0.4, 0.5) is 10.1 Å². The zero-order valence-corrected chi connectivity index (χ0v) is 13.5. The molecule has 0 radical (unpaired) electrons. The fourth-order valence-electron chi connectivity index (χ4n) is 2.23. The second-order valence-electron chi connectivity index (χ2n) is 5.69. The zero-order chi connectivity index (χ0) is 17.5. The Bertz CT molecular complexity index is 655. The van der Waals surface area contributed by atoms with Crippen molar-refractivity contribution in [2.24, 2.45) is 0 Å². The molecule has 0 bridgehead atoms. The van der Waals surface area contributed by atoms with Crippen molar-refractivity contribution in [2.75, 3.05) is 25.2 Å². The minimum Gasteiger partial charge on any atom is -0.508 e. The molecule has 2 atom stereocenters. The molecule has 0 spiro atoms. The Morgan fingerprint density at radius 1 is 0.917 bits per heavy atom. The number of nitrogens with zero attached hydrogens (tertiary/aromatic N) is 1. The summed E-state index contributed by atoms with van der Waals surface area (Å²) < 4.78 is 12.3. The molecule has 128 valence electrons. The van der Waals surface area contributed by atoms with Gasteiger partial charge in [-0.2, -0.15) is 0 Å². The highest BCUT2D eigenvalue weighted by Gasteiger charge is 2.17. The lowest BCUT2D eigenvalue weighted by Gasteiger charge is -2.24. The molecule has 0 saturated carbocycles. The van der Waals surface area contributed by atoms with Crippen molar-refractivity contribution >= 4 is 17.8 Å². The first-order valence-electron chi connectivity index (χ1n) is 7.70. The Morgan fingerprint density at radius 2 is 1.42 bits per heavy atom. The van der Waals surface area contributed by atoms with Crippen molar-refractivity contribution in [3.8, 4) is 5.75 Å². The summed E-state index contributed by atoms with van der Waals surface area (Å²) >= 11 is 0. The van der Waals surface area contributed by atoms with Crippen molar-refractivity contribution in [2.45, 2.75) is 12.2 Å². The van der Waals surface area contributed by atoms with Gasteiger partial charge in [0, 0.05) is 19.3 Å². The number of hydrogen-bond donors (Lipinski definition) is 3. The van der Waals surface area contributed by atoms with E-state index in [1.807, 2.05) is 48.6 Å². The maximum atomic E-state index is 12.3. The van der Waals surface area contributed by atoms with E-state index in [1.54, 1.807) is 24.1 Å². The molecular formula is C19H22FNO3. The fraction of sp³-hybridized carbons (Fsp3) is 0.263. The second kappa shape index (κ2) is 8.47. The number of phenols is 1. The second-order valence-corrected chi connectivity index (χ2v) is 5.69. The van der Waals surface area contributed by atoms with Crippen LogP contribution in [0.5, 0.6) is 5.75 Å². The molecule has 0 aliphatic rings. The third kappa shape index (κ3) is 5.08. The molecule has 2 rings (SSSR count). The summed E-state index contributed by atoms with van der Waals surface area (Å²) in [6, 6.07) is 14.6. The Kier molecular flexibility index (Phi) is 6.35. The van der Waals surface area contributed by atoms with Crippen molar-refractivity contribution in [1.82, 2.24) is 0 Å². The van der Waals surface area contributed by atoms with Crippen LogP contribution in [0.3, 0.4) is 0 Å². The van der Waals surface area contributed by atoms with Gasteiger partial charge in [-0.1, -0.05) is 36.4 Å². The third-order valence-corrected chi connectivity index (χ3v) is 3.76. The first kappa shape index (κ1) is 18.0. The normalized spacial score (nSPS) is 13.8. The van der Waals surface area contributed by atoms with Crippen LogP contribution in [0.25, 0.3) is 12.2 Å². The number of aromatic hydroxyl groups is 1. The number of anilines is 1. The van der Waals surface area contributed by atoms with E-state index in [0.717, 1.165) is 16.8 Å². The number of alkyl halides is 1. The molecule has 0 aromatic heterocycles. The molecule has 0 saturated heterocycles. The molecule has 2 aromatic carbocycles. The summed E-state index contributed by atoms with van der Waals surface area (Å²) in [5.74, 6) is 0.236. The van der Waals surface area contributed by atoms with Gasteiger partial charge in [-0.15, -0.1) is 0 Å². The van der Waals surface area contributed by atoms with Crippen LogP contribution in [0, 0.1) is 0 Å². The number of likely N-dealkylation sites (N-methyl/N-ethyl adjacent to an activating group) is 1. The quantitative estimate of drug-likeness (QED) is 0.683. The lowest BCUT2D eigenvalue weighted by atomic mass is 10.1. The van der Waals surface area contributed by atoms with E-state index in [1.165, 1.54) is 0 Å². The van der Waals surface area contributed by atoms with E-state index < -0.39 is 18.9 Å². The Labute approximate surface area is 141 Å². The topological polar surface area (TPSA) is 63.9 Å². The number of aliphatic hydroxyl groups excluding tert-OH is 2. The van der Waals surface area contributed by atoms with E-state index in [4.69, 9.17) is 0 Å². The van der Waals surface area contributed by atoms with Crippen LogP contribution < -0.4 is 4.90 Å². The standard InChI is InChI=1S/C19H22FNO3/c1-21(13-19(24)18(23)12-20)16-8-4-14(5-9-16)2-3-15-6-10-17(22)11-7-15/h2-11,18-19,22-24H,12-13H2,1H3. The zero-order valence-electron chi connectivity index (χ0n) is 13.5. The fourth-order valence-corrected chi connectivity index (χ4v) is 2.23. The molecule has 2 aromatic rings. The van der Waals surface area contributed by atoms with Crippen molar-refractivity contribution in [3.63, 3.8) is 0 Å². The van der Waals surface area contributed by atoms with Crippen LogP contribution in [0.15, 0.2) is 48.5 Å². The predicted octanol–water partition coefficient (Wildman–Crippen LogP) is 2.69. The number of aliphatic hydroxyl groups is 2. The van der Waals surface area contributed by atoms with E-state index in [-0.39, 0.29) is 12.3 Å². The van der Waals surface area contributed by atoms with Gasteiger partial charge >= 0.3 is 0 Å². The summed E-state index contributed by atoms with van der Waals surface area (Å²) in [7, 11) is 1.77. The lowest BCUT2D eigenvalue weighted by Crippen LogP contribution is -2.38. The SMILES string of the molecule is CN(CC(O)C(O)CF)c1ccc(C=Cc2ccc(O)cc2)cc1. The Morgan fingerprint density at radius 3 is 1.92 bits per heavy atom. The van der Waals surface area contributed by atoms with E-state index in [0.29, 0.717) is 0 Å². The van der Waals surface area contributed by atoms with Crippen LogP contribution in [-0.2, 0) is 0 Å². The Hall–Kier alpha value is -2.37. The molecule has 5 heteroatoms. The largest absolute Gasteiger partial charge is 0.508 e. The Balaban J connectivity index is 1.98. The number of phenolic OH excluding ortho intramolecular Hbond substituents is 1. The van der Waals surface area contributed by atoms with Crippen LogP contribution in [-0.4, -0.2) is 47.8 Å². The van der Waals surface area contributed by atoms with Gasteiger partial charge in [-0.05, 0) is 35.4 Å². The average Bonchev–Trinajstić information content (AvgIpc) is 2.60. The molecule has 0 aliphatic carbocycles. The number of benzene rings is 2. The number of rotatable bonds is 7. The van der Waals surface area contributed by atoms with Crippen LogP contribution >= 0.6 is 0 Å². The highest BCUT2D eigenvalue weighted by molar-refractivity contribution is 5.70. The van der Waals surface area contributed by atoms with E-state index >= 15 is 0 Å². The van der Waals surface area contributed by atoms with E-state index in [2.05, 4.69) is 0 Å². The van der Waals surface area contributed by atoms with Gasteiger partial charge in [0.2, 0.25) is 0 Å². The highest BCUT2D eigenvalue weighted by atomic mass is 19.1. The molecule has 4 nitrogen and oxygen atoms in total. The van der Waals surface area contributed by atoms with Crippen molar-refractivity contribution < 1.29 is 19.7 Å². The molecule has 0 fully saturated rings. The lowest BCUT2D eigenvalue weighted by molar-refractivity contribution is 0.0102. The summed E-state index contributed by atoms with van der Waals surface area (Å²) in [5, 5.41) is 28.2. The van der Waals surface area contributed by atoms with Gasteiger partial charge in [0.05, 0.1) is 6.10 Å². The monoisotopic (exact) mass is 331 g/mol. The minimum atomic E-state index is -1.36.